The first kappa shape index (κ1) is 24.1. The third kappa shape index (κ3) is 8.30. The van der Waals surface area contributed by atoms with E-state index in [4.69, 9.17) is 0 Å². The lowest BCUT2D eigenvalue weighted by atomic mass is 10.2. The minimum atomic E-state index is -2.98. The van der Waals surface area contributed by atoms with Gasteiger partial charge in [0.1, 0.15) is 5.01 Å². The zero-order valence-electron chi connectivity index (χ0n) is 15.9. The summed E-state index contributed by atoms with van der Waals surface area (Å²) in [6, 6.07) is -0.259. The van der Waals surface area contributed by atoms with Crippen LogP contribution in [0.4, 0.5) is 0 Å². The number of sulfone groups is 1. The Morgan fingerprint density at radius 3 is 2.63 bits per heavy atom. The summed E-state index contributed by atoms with van der Waals surface area (Å²) in [5, 5.41) is 9.99. The maximum absolute atomic E-state index is 12.0. The van der Waals surface area contributed by atoms with E-state index in [1.165, 1.54) is 4.88 Å². The second-order valence-electron chi connectivity index (χ2n) is 6.29. The number of aryl methyl sites for hydroxylation is 2. The second-order valence-corrected chi connectivity index (χ2v) is 9.81. The van der Waals surface area contributed by atoms with Crippen molar-refractivity contribution in [2.45, 2.75) is 46.2 Å². The lowest BCUT2D eigenvalue weighted by Crippen LogP contribution is -2.41. The van der Waals surface area contributed by atoms with E-state index in [0.717, 1.165) is 10.7 Å². The third-order valence-corrected chi connectivity index (χ3v) is 6.86. The fourth-order valence-electron chi connectivity index (χ4n) is 2.60. The SMILES string of the molecule is CCNC(=NCc1nc(C)c(C)s1)NCCC(=O)NC1CCS(=O)(=O)C1.I. The van der Waals surface area contributed by atoms with Gasteiger partial charge in [-0.25, -0.2) is 18.4 Å². The standard InChI is InChI=1S/C16H27N5O3S2.HI/c1-4-17-16(19-9-15-20-11(2)12(3)25-15)18-7-5-14(22)21-13-6-8-26(23,24)10-13;/h13H,4-10H2,1-3H3,(H,21,22)(H2,17,18,19);1H. The first-order chi connectivity index (χ1) is 12.3. The van der Waals surface area contributed by atoms with Crippen molar-refractivity contribution in [3.05, 3.63) is 15.6 Å². The predicted octanol–water partition coefficient (Wildman–Crippen LogP) is 1.13. The number of carbonyl (C=O) groups excluding carboxylic acids is 1. The molecule has 1 aliphatic rings. The number of guanidine groups is 1. The molecule has 1 aromatic rings. The Hall–Kier alpha value is -0.950. The number of nitrogens with zero attached hydrogens (tertiary/aromatic N) is 2. The van der Waals surface area contributed by atoms with Crippen LogP contribution in [0.3, 0.4) is 0 Å². The van der Waals surface area contributed by atoms with Crippen LogP contribution in [0, 0.1) is 13.8 Å². The fourth-order valence-corrected chi connectivity index (χ4v) is 5.13. The summed E-state index contributed by atoms with van der Waals surface area (Å²) in [6.07, 6.45) is 0.759. The third-order valence-electron chi connectivity index (χ3n) is 4.03. The number of halogens is 1. The smallest absolute Gasteiger partial charge is 0.222 e. The molecule has 2 heterocycles. The Morgan fingerprint density at radius 2 is 2.07 bits per heavy atom. The molecular weight excluding hydrogens is 501 g/mol. The molecule has 1 unspecified atom stereocenters. The van der Waals surface area contributed by atoms with Crippen molar-refractivity contribution >= 4 is 57.0 Å². The number of aliphatic imine (C=N–C) groups is 1. The van der Waals surface area contributed by atoms with Crippen molar-refractivity contribution in [2.75, 3.05) is 24.6 Å². The summed E-state index contributed by atoms with van der Waals surface area (Å²) < 4.78 is 22.8. The maximum atomic E-state index is 12.0. The van der Waals surface area contributed by atoms with Gasteiger partial charge in [-0.1, -0.05) is 0 Å². The van der Waals surface area contributed by atoms with Crippen molar-refractivity contribution in [1.82, 2.24) is 20.9 Å². The zero-order chi connectivity index (χ0) is 19.2. The maximum Gasteiger partial charge on any atom is 0.222 e. The van der Waals surface area contributed by atoms with Gasteiger partial charge in [0.2, 0.25) is 5.91 Å². The van der Waals surface area contributed by atoms with Crippen molar-refractivity contribution in [1.29, 1.82) is 0 Å². The molecule has 3 N–H and O–H groups in total. The van der Waals surface area contributed by atoms with Gasteiger partial charge in [0.05, 0.1) is 23.7 Å². The Kier molecular flexibility index (Phi) is 9.95. The number of hydrogen-bond donors (Lipinski definition) is 3. The highest BCUT2D eigenvalue weighted by molar-refractivity contribution is 14.0. The van der Waals surface area contributed by atoms with E-state index >= 15 is 0 Å². The van der Waals surface area contributed by atoms with Gasteiger partial charge in [-0.05, 0) is 27.2 Å². The summed E-state index contributed by atoms with van der Waals surface area (Å²) in [7, 11) is -2.98. The Labute approximate surface area is 182 Å². The molecule has 1 atom stereocenters. The van der Waals surface area contributed by atoms with E-state index in [0.29, 0.717) is 32.0 Å². The number of hydrogen-bond acceptors (Lipinski definition) is 6. The first-order valence-corrected chi connectivity index (χ1v) is 11.4. The van der Waals surface area contributed by atoms with E-state index in [1.807, 2.05) is 20.8 Å². The molecule has 154 valence electrons. The quantitative estimate of drug-likeness (QED) is 0.277. The van der Waals surface area contributed by atoms with Crippen molar-refractivity contribution in [3.8, 4) is 0 Å². The summed E-state index contributed by atoms with van der Waals surface area (Å²) in [6.45, 7) is 7.62. The monoisotopic (exact) mass is 529 g/mol. The Morgan fingerprint density at radius 1 is 1.33 bits per heavy atom. The van der Waals surface area contributed by atoms with Crippen molar-refractivity contribution in [2.24, 2.45) is 4.99 Å². The van der Waals surface area contributed by atoms with E-state index in [9.17, 15) is 13.2 Å². The molecule has 0 aliphatic carbocycles. The van der Waals surface area contributed by atoms with Gasteiger partial charge < -0.3 is 16.0 Å². The van der Waals surface area contributed by atoms with E-state index in [2.05, 4.69) is 25.9 Å². The first-order valence-electron chi connectivity index (χ1n) is 8.74. The largest absolute Gasteiger partial charge is 0.357 e. The topological polar surface area (TPSA) is 113 Å². The average molecular weight is 529 g/mol. The minimum Gasteiger partial charge on any atom is -0.357 e. The van der Waals surface area contributed by atoms with Crippen LogP contribution in [0.5, 0.6) is 0 Å². The van der Waals surface area contributed by atoms with Gasteiger partial charge in [-0.3, -0.25) is 4.79 Å². The molecule has 1 saturated heterocycles. The van der Waals surface area contributed by atoms with Crippen LogP contribution in [-0.2, 0) is 21.2 Å². The molecule has 0 aromatic carbocycles. The Balaban J connectivity index is 0.00000364. The van der Waals surface area contributed by atoms with Crippen molar-refractivity contribution < 1.29 is 13.2 Å². The van der Waals surface area contributed by atoms with Gasteiger partial charge in [-0.15, -0.1) is 35.3 Å². The molecule has 8 nitrogen and oxygen atoms in total. The van der Waals surface area contributed by atoms with Crippen LogP contribution in [0.2, 0.25) is 0 Å². The molecule has 1 aliphatic heterocycles. The van der Waals surface area contributed by atoms with Crippen LogP contribution < -0.4 is 16.0 Å². The van der Waals surface area contributed by atoms with Crippen molar-refractivity contribution in [3.63, 3.8) is 0 Å². The van der Waals surface area contributed by atoms with Gasteiger partial charge in [-0.2, -0.15) is 0 Å². The fraction of sp³-hybridized carbons (Fsp3) is 0.688. The molecule has 11 heteroatoms. The summed E-state index contributed by atoms with van der Waals surface area (Å²) in [4.78, 5) is 22.1. The van der Waals surface area contributed by atoms with Crippen LogP contribution in [0.15, 0.2) is 4.99 Å². The number of thiazole rings is 1. The average Bonchev–Trinajstić information content (AvgIpc) is 3.06. The molecule has 2 rings (SSSR count). The molecule has 1 fully saturated rings. The molecule has 0 spiro atoms. The molecule has 1 amide bonds. The van der Waals surface area contributed by atoms with Crippen LogP contribution in [0.25, 0.3) is 0 Å². The second kappa shape index (κ2) is 11.1. The van der Waals surface area contributed by atoms with Gasteiger partial charge in [0.15, 0.2) is 15.8 Å². The molecular formula is C16H28IN5O3S2. The summed E-state index contributed by atoms with van der Waals surface area (Å²) in [5.74, 6) is 0.683. The molecule has 0 saturated carbocycles. The number of nitrogens with one attached hydrogen (secondary N) is 3. The van der Waals surface area contributed by atoms with Crippen LogP contribution >= 0.6 is 35.3 Å². The summed E-state index contributed by atoms with van der Waals surface area (Å²) >= 11 is 1.63. The lowest BCUT2D eigenvalue weighted by molar-refractivity contribution is -0.121. The van der Waals surface area contributed by atoms with Crippen LogP contribution in [-0.4, -0.2) is 55.9 Å². The molecule has 1 aromatic heterocycles. The normalized spacial score (nSPS) is 18.6. The highest BCUT2D eigenvalue weighted by Gasteiger charge is 2.28. The zero-order valence-corrected chi connectivity index (χ0v) is 19.8. The highest BCUT2D eigenvalue weighted by atomic mass is 127. The number of rotatable bonds is 7. The minimum absolute atomic E-state index is 0. The summed E-state index contributed by atoms with van der Waals surface area (Å²) in [5.41, 5.74) is 1.03. The predicted molar refractivity (Wildman–Crippen MR) is 120 cm³/mol. The number of carbonyl (C=O) groups is 1. The van der Waals surface area contributed by atoms with Gasteiger partial charge in [0.25, 0.3) is 0 Å². The van der Waals surface area contributed by atoms with E-state index in [-0.39, 0.29) is 53.9 Å². The number of amides is 1. The lowest BCUT2D eigenvalue weighted by Gasteiger charge is -2.13. The highest BCUT2D eigenvalue weighted by Crippen LogP contribution is 2.16. The number of aromatic nitrogens is 1. The molecule has 0 radical (unpaired) electrons. The van der Waals surface area contributed by atoms with Gasteiger partial charge >= 0.3 is 0 Å². The van der Waals surface area contributed by atoms with E-state index in [1.54, 1.807) is 11.3 Å². The Bertz CT molecular complexity index is 745. The molecule has 27 heavy (non-hydrogen) atoms. The van der Waals surface area contributed by atoms with E-state index < -0.39 is 9.84 Å². The van der Waals surface area contributed by atoms with Crippen LogP contribution in [0.1, 0.15) is 35.3 Å². The van der Waals surface area contributed by atoms with Gasteiger partial charge in [0, 0.05) is 30.4 Å². The molecule has 0 bridgehead atoms.